The average molecular weight is 390 g/mol. The first-order valence-electron chi connectivity index (χ1n) is 9.80. The van der Waals surface area contributed by atoms with E-state index < -0.39 is 0 Å². The Morgan fingerprint density at radius 2 is 1.79 bits per heavy atom. The zero-order valence-corrected chi connectivity index (χ0v) is 16.3. The molecule has 0 radical (unpaired) electrons. The number of aromatic nitrogens is 2. The van der Waals surface area contributed by atoms with Crippen molar-refractivity contribution in [3.63, 3.8) is 0 Å². The van der Waals surface area contributed by atoms with E-state index in [1.54, 1.807) is 6.07 Å². The van der Waals surface area contributed by atoms with Gasteiger partial charge >= 0.3 is 0 Å². The van der Waals surface area contributed by atoms with Crippen LogP contribution in [0.5, 0.6) is 0 Å². The van der Waals surface area contributed by atoms with E-state index in [0.29, 0.717) is 11.3 Å². The molecular weight excluding hydrogens is 367 g/mol. The van der Waals surface area contributed by atoms with Crippen molar-refractivity contribution in [3.8, 4) is 11.3 Å². The molecule has 2 heterocycles. The second kappa shape index (κ2) is 8.39. The lowest BCUT2D eigenvalue weighted by Crippen LogP contribution is -2.38. The fraction of sp³-hybridized carbons (Fsp3) is 0.261. The van der Waals surface area contributed by atoms with Gasteiger partial charge in [0.15, 0.2) is 5.82 Å². The highest BCUT2D eigenvalue weighted by Crippen LogP contribution is 2.24. The highest BCUT2D eigenvalue weighted by atomic mass is 19.1. The molecule has 1 fully saturated rings. The maximum absolute atomic E-state index is 13.4. The SMILES string of the molecule is Cc1ccc(NC(=O)C2CCN(c3ccc(-c4cccc(F)c4)nn3)CC2)cc1. The monoisotopic (exact) mass is 390 g/mol. The Morgan fingerprint density at radius 1 is 1.03 bits per heavy atom. The summed E-state index contributed by atoms with van der Waals surface area (Å²) in [4.78, 5) is 14.7. The third kappa shape index (κ3) is 4.59. The number of hydrogen-bond acceptors (Lipinski definition) is 4. The Kier molecular flexibility index (Phi) is 5.51. The first-order chi connectivity index (χ1) is 14.1. The summed E-state index contributed by atoms with van der Waals surface area (Å²) < 4.78 is 13.4. The predicted octanol–water partition coefficient (Wildman–Crippen LogP) is 4.45. The van der Waals surface area contributed by atoms with E-state index in [1.807, 2.05) is 49.4 Å². The van der Waals surface area contributed by atoms with Crippen LogP contribution in [0.15, 0.2) is 60.7 Å². The smallest absolute Gasteiger partial charge is 0.227 e. The number of nitrogens with zero attached hydrogens (tertiary/aromatic N) is 3. The number of nitrogens with one attached hydrogen (secondary N) is 1. The van der Waals surface area contributed by atoms with Crippen LogP contribution in [-0.4, -0.2) is 29.2 Å². The minimum absolute atomic E-state index is 0.00733. The minimum Gasteiger partial charge on any atom is -0.355 e. The van der Waals surface area contributed by atoms with Crippen molar-refractivity contribution in [2.24, 2.45) is 5.92 Å². The van der Waals surface area contributed by atoms with Crippen LogP contribution in [0.2, 0.25) is 0 Å². The van der Waals surface area contributed by atoms with Crippen molar-refractivity contribution in [2.45, 2.75) is 19.8 Å². The molecule has 1 aliphatic heterocycles. The van der Waals surface area contributed by atoms with Crippen molar-refractivity contribution < 1.29 is 9.18 Å². The Balaban J connectivity index is 1.34. The van der Waals surface area contributed by atoms with Gasteiger partial charge in [-0.15, -0.1) is 10.2 Å². The van der Waals surface area contributed by atoms with E-state index >= 15 is 0 Å². The number of amides is 1. The van der Waals surface area contributed by atoms with Gasteiger partial charge in [0.05, 0.1) is 5.69 Å². The van der Waals surface area contributed by atoms with E-state index in [1.165, 1.54) is 17.7 Å². The predicted molar refractivity (Wildman–Crippen MR) is 112 cm³/mol. The van der Waals surface area contributed by atoms with Gasteiger partial charge < -0.3 is 10.2 Å². The molecule has 3 aromatic rings. The zero-order valence-electron chi connectivity index (χ0n) is 16.3. The second-order valence-electron chi connectivity index (χ2n) is 7.40. The number of rotatable bonds is 4. The van der Waals surface area contributed by atoms with Crippen LogP contribution in [0.3, 0.4) is 0 Å². The molecule has 5 nitrogen and oxygen atoms in total. The molecule has 0 saturated carbocycles. The molecular formula is C23H23FN4O. The zero-order chi connectivity index (χ0) is 20.2. The summed E-state index contributed by atoms with van der Waals surface area (Å²) in [5, 5.41) is 11.6. The Hall–Kier alpha value is -3.28. The number of aryl methyl sites for hydroxylation is 1. The van der Waals surface area contributed by atoms with Gasteiger partial charge in [0, 0.05) is 30.3 Å². The highest BCUT2D eigenvalue weighted by Gasteiger charge is 2.26. The molecule has 0 spiro atoms. The molecule has 1 amide bonds. The summed E-state index contributed by atoms with van der Waals surface area (Å²) in [6.07, 6.45) is 1.54. The van der Waals surface area contributed by atoms with Gasteiger partial charge in [0.2, 0.25) is 5.91 Å². The fourth-order valence-electron chi connectivity index (χ4n) is 3.55. The van der Waals surface area contributed by atoms with Gasteiger partial charge in [-0.2, -0.15) is 0 Å². The molecule has 2 aromatic carbocycles. The molecule has 1 N–H and O–H groups in total. The van der Waals surface area contributed by atoms with Crippen molar-refractivity contribution in [1.29, 1.82) is 0 Å². The van der Waals surface area contributed by atoms with Gasteiger partial charge in [-0.3, -0.25) is 4.79 Å². The summed E-state index contributed by atoms with van der Waals surface area (Å²) in [6.45, 7) is 3.52. The topological polar surface area (TPSA) is 58.1 Å². The molecule has 1 aliphatic rings. The Bertz CT molecular complexity index is 981. The summed E-state index contributed by atoms with van der Waals surface area (Å²) in [5.74, 6) is 0.551. The lowest BCUT2D eigenvalue weighted by molar-refractivity contribution is -0.120. The normalized spacial score (nSPS) is 14.6. The fourth-order valence-corrected chi connectivity index (χ4v) is 3.55. The number of anilines is 2. The molecule has 0 aliphatic carbocycles. The molecule has 0 atom stereocenters. The Labute approximate surface area is 169 Å². The average Bonchev–Trinajstić information content (AvgIpc) is 2.75. The van der Waals surface area contributed by atoms with Crippen LogP contribution < -0.4 is 10.2 Å². The molecule has 29 heavy (non-hydrogen) atoms. The molecule has 4 rings (SSSR count). The first-order valence-corrected chi connectivity index (χ1v) is 9.80. The van der Waals surface area contributed by atoms with E-state index in [2.05, 4.69) is 20.4 Å². The standard InChI is InChI=1S/C23H23FN4O/c1-16-5-7-20(8-6-16)25-23(29)17-11-13-28(14-12-17)22-10-9-21(26-27-22)18-3-2-4-19(24)15-18/h2-10,15,17H,11-14H2,1H3,(H,25,29). The van der Waals surface area contributed by atoms with E-state index in [4.69, 9.17) is 0 Å². The van der Waals surface area contributed by atoms with E-state index in [0.717, 1.165) is 37.4 Å². The summed E-state index contributed by atoms with van der Waals surface area (Å²) in [6, 6.07) is 17.9. The number of carbonyl (C=O) groups excluding carboxylic acids is 1. The van der Waals surface area contributed by atoms with Crippen LogP contribution in [-0.2, 0) is 4.79 Å². The van der Waals surface area contributed by atoms with Crippen LogP contribution in [0, 0.1) is 18.7 Å². The largest absolute Gasteiger partial charge is 0.355 e. The molecule has 148 valence electrons. The molecule has 0 unspecified atom stereocenters. The number of carbonyl (C=O) groups is 1. The second-order valence-corrected chi connectivity index (χ2v) is 7.40. The number of benzene rings is 2. The summed E-state index contributed by atoms with van der Waals surface area (Å²) in [5.41, 5.74) is 3.35. The summed E-state index contributed by atoms with van der Waals surface area (Å²) in [7, 11) is 0. The van der Waals surface area contributed by atoms with Crippen LogP contribution in [0.25, 0.3) is 11.3 Å². The van der Waals surface area contributed by atoms with Crippen LogP contribution in [0.4, 0.5) is 15.9 Å². The lowest BCUT2D eigenvalue weighted by Gasteiger charge is -2.31. The highest BCUT2D eigenvalue weighted by molar-refractivity contribution is 5.92. The van der Waals surface area contributed by atoms with Crippen LogP contribution >= 0.6 is 0 Å². The maximum atomic E-state index is 13.4. The molecule has 1 saturated heterocycles. The van der Waals surface area contributed by atoms with Crippen LogP contribution in [0.1, 0.15) is 18.4 Å². The maximum Gasteiger partial charge on any atom is 0.227 e. The van der Waals surface area contributed by atoms with Gasteiger partial charge in [-0.05, 0) is 56.2 Å². The third-order valence-corrected chi connectivity index (χ3v) is 5.28. The summed E-state index contributed by atoms with van der Waals surface area (Å²) >= 11 is 0. The van der Waals surface area contributed by atoms with E-state index in [-0.39, 0.29) is 17.6 Å². The van der Waals surface area contributed by atoms with Gasteiger partial charge in [-0.1, -0.05) is 29.8 Å². The number of piperidine rings is 1. The third-order valence-electron chi connectivity index (χ3n) is 5.28. The van der Waals surface area contributed by atoms with Crippen molar-refractivity contribution in [2.75, 3.05) is 23.3 Å². The number of halogens is 1. The number of hydrogen-bond donors (Lipinski definition) is 1. The lowest BCUT2D eigenvalue weighted by atomic mass is 9.95. The Morgan fingerprint density at radius 3 is 2.45 bits per heavy atom. The minimum atomic E-state index is -0.292. The van der Waals surface area contributed by atoms with Gasteiger partial charge in [0.25, 0.3) is 0 Å². The quantitative estimate of drug-likeness (QED) is 0.715. The van der Waals surface area contributed by atoms with Gasteiger partial charge in [-0.25, -0.2) is 4.39 Å². The molecule has 1 aromatic heterocycles. The molecule has 0 bridgehead atoms. The first kappa shape index (κ1) is 19.1. The molecule has 6 heteroatoms. The van der Waals surface area contributed by atoms with Crippen molar-refractivity contribution >= 4 is 17.4 Å². The van der Waals surface area contributed by atoms with Gasteiger partial charge in [0.1, 0.15) is 5.82 Å². The van der Waals surface area contributed by atoms with Crippen molar-refractivity contribution in [3.05, 3.63) is 72.0 Å². The van der Waals surface area contributed by atoms with Crippen molar-refractivity contribution in [1.82, 2.24) is 10.2 Å². The van der Waals surface area contributed by atoms with E-state index in [9.17, 15) is 9.18 Å².